The number of aliphatic hydroxyl groups excluding tert-OH is 1. The largest absolute Gasteiger partial charge is 0.480 e. The zero-order valence-electron chi connectivity index (χ0n) is 10.1. The number of nitrogens with two attached hydrogens (primary N) is 1. The first kappa shape index (κ1) is 13.4. The zero-order valence-corrected chi connectivity index (χ0v) is 10.1. The molecule has 0 aliphatic carbocycles. The Bertz CT molecular complexity index is 488. The molecule has 1 amide bonds. The molecule has 2 heterocycles. The quantitative estimate of drug-likeness (QED) is 0.569. The molecule has 0 spiro atoms. The maximum absolute atomic E-state index is 12.1. The molecule has 1 saturated heterocycles. The number of carboxylic acids is 1. The Kier molecular flexibility index (Phi) is 3.76. The molecule has 19 heavy (non-hydrogen) atoms. The average molecular weight is 269 g/mol. The van der Waals surface area contributed by atoms with E-state index in [9.17, 15) is 14.7 Å². The van der Waals surface area contributed by atoms with Gasteiger partial charge >= 0.3 is 5.97 Å². The van der Waals surface area contributed by atoms with E-state index in [1.807, 2.05) is 0 Å². The minimum atomic E-state index is -1.14. The van der Waals surface area contributed by atoms with Gasteiger partial charge in [-0.2, -0.15) is 0 Å². The number of hydrogen-bond acceptors (Lipinski definition) is 6. The molecule has 2 atom stereocenters. The molecule has 2 rings (SSSR count). The molecule has 1 aromatic rings. The van der Waals surface area contributed by atoms with Crippen LogP contribution >= 0.6 is 0 Å². The topological polar surface area (TPSA) is 135 Å². The highest BCUT2D eigenvalue weighted by molar-refractivity contribution is 5.95. The molecule has 4 N–H and O–H groups in total. The monoisotopic (exact) mass is 269 g/mol. The molecule has 0 saturated carbocycles. The number of carbonyl (C=O) groups excluding carboxylic acids is 1. The highest BCUT2D eigenvalue weighted by Gasteiger charge is 2.40. The van der Waals surface area contributed by atoms with Crippen molar-refractivity contribution in [3.05, 3.63) is 11.9 Å². The Labute approximate surface area is 108 Å². The van der Waals surface area contributed by atoms with Crippen LogP contribution in [-0.2, 0) is 11.3 Å². The molecule has 1 aliphatic rings. The molecule has 0 unspecified atom stereocenters. The van der Waals surface area contributed by atoms with Crippen LogP contribution in [0.1, 0.15) is 16.9 Å². The molecular weight excluding hydrogens is 254 g/mol. The van der Waals surface area contributed by atoms with Gasteiger partial charge in [-0.25, -0.2) is 4.79 Å². The summed E-state index contributed by atoms with van der Waals surface area (Å²) in [6.45, 7) is 0.766. The van der Waals surface area contributed by atoms with E-state index in [-0.39, 0.29) is 18.7 Å². The molecule has 0 bridgehead atoms. The zero-order chi connectivity index (χ0) is 14.0. The molecular formula is C10H15N5O4. The normalized spacial score (nSPS) is 22.7. The smallest absolute Gasteiger partial charge is 0.326 e. The van der Waals surface area contributed by atoms with Crippen molar-refractivity contribution < 1.29 is 19.8 Å². The van der Waals surface area contributed by atoms with Crippen molar-refractivity contribution in [3.8, 4) is 0 Å². The van der Waals surface area contributed by atoms with Crippen LogP contribution in [0.2, 0.25) is 0 Å². The summed E-state index contributed by atoms with van der Waals surface area (Å²) in [7, 11) is 0. The minimum absolute atomic E-state index is 0.0143. The number of aromatic nitrogens is 3. The van der Waals surface area contributed by atoms with Gasteiger partial charge in [-0.1, -0.05) is 5.21 Å². The van der Waals surface area contributed by atoms with E-state index in [4.69, 9.17) is 10.8 Å². The van der Waals surface area contributed by atoms with Gasteiger partial charge in [0.15, 0.2) is 5.69 Å². The van der Waals surface area contributed by atoms with Gasteiger partial charge in [0.05, 0.1) is 18.8 Å². The second-order valence-electron chi connectivity index (χ2n) is 4.36. The van der Waals surface area contributed by atoms with Crippen LogP contribution in [0.4, 0.5) is 0 Å². The lowest BCUT2D eigenvalue weighted by Crippen LogP contribution is -2.40. The van der Waals surface area contributed by atoms with Crippen LogP contribution in [0.5, 0.6) is 0 Å². The molecule has 0 aromatic carbocycles. The van der Waals surface area contributed by atoms with Gasteiger partial charge in [0.25, 0.3) is 5.91 Å². The lowest BCUT2D eigenvalue weighted by molar-refractivity contribution is -0.141. The van der Waals surface area contributed by atoms with Gasteiger partial charge in [-0.3, -0.25) is 9.48 Å². The van der Waals surface area contributed by atoms with E-state index in [1.165, 1.54) is 10.9 Å². The fraction of sp³-hybridized carbons (Fsp3) is 0.600. The number of likely N-dealkylation sites (tertiary alicyclic amines) is 1. The van der Waals surface area contributed by atoms with E-state index < -0.39 is 24.0 Å². The molecule has 9 heteroatoms. The predicted molar refractivity (Wildman–Crippen MR) is 62.2 cm³/mol. The third-order valence-corrected chi connectivity index (χ3v) is 2.94. The number of β-amino-alcohol motifs (C(OH)–C–C–N with tert-alkyl or cyclic N) is 1. The number of rotatable bonds is 4. The third kappa shape index (κ3) is 2.71. The van der Waals surface area contributed by atoms with Crippen molar-refractivity contribution in [1.82, 2.24) is 19.9 Å². The second-order valence-corrected chi connectivity index (χ2v) is 4.36. The highest BCUT2D eigenvalue weighted by atomic mass is 16.4. The van der Waals surface area contributed by atoms with Gasteiger partial charge in [0, 0.05) is 19.5 Å². The van der Waals surface area contributed by atoms with Gasteiger partial charge in [-0.15, -0.1) is 5.10 Å². The Morgan fingerprint density at radius 1 is 1.53 bits per heavy atom. The fourth-order valence-electron chi connectivity index (χ4n) is 2.06. The van der Waals surface area contributed by atoms with Crippen LogP contribution in [0.15, 0.2) is 6.20 Å². The Morgan fingerprint density at radius 2 is 2.26 bits per heavy atom. The van der Waals surface area contributed by atoms with Crippen molar-refractivity contribution in [3.63, 3.8) is 0 Å². The molecule has 0 radical (unpaired) electrons. The molecule has 9 nitrogen and oxygen atoms in total. The first-order valence-corrected chi connectivity index (χ1v) is 5.85. The van der Waals surface area contributed by atoms with Crippen LogP contribution < -0.4 is 5.73 Å². The van der Waals surface area contributed by atoms with Gasteiger partial charge in [-0.05, 0) is 0 Å². The summed E-state index contributed by atoms with van der Waals surface area (Å²) in [5.41, 5.74) is 5.40. The molecule has 1 fully saturated rings. The van der Waals surface area contributed by atoms with Crippen molar-refractivity contribution in [2.75, 3.05) is 13.1 Å². The number of carboxylic acid groups (broad SMARTS) is 1. The highest BCUT2D eigenvalue weighted by Crippen LogP contribution is 2.20. The van der Waals surface area contributed by atoms with E-state index >= 15 is 0 Å². The second kappa shape index (κ2) is 5.33. The third-order valence-electron chi connectivity index (χ3n) is 2.94. The Balaban J connectivity index is 2.15. The standard InChI is InChI=1S/C10H15N5O4/c11-1-2-14-5-7(12-13-14)9(17)15-4-6(16)3-8(15)10(18)19/h5-6,8,16H,1-4,11H2,(H,18,19)/t6-,8-/m1/s1. The number of nitrogens with zero attached hydrogens (tertiary/aromatic N) is 4. The molecule has 1 aliphatic heterocycles. The maximum Gasteiger partial charge on any atom is 0.326 e. The van der Waals surface area contributed by atoms with Crippen molar-refractivity contribution in [2.45, 2.75) is 25.1 Å². The lowest BCUT2D eigenvalue weighted by atomic mass is 10.2. The van der Waals surface area contributed by atoms with E-state index in [0.717, 1.165) is 4.90 Å². The average Bonchev–Trinajstić information content (AvgIpc) is 2.95. The van der Waals surface area contributed by atoms with Gasteiger partial charge in [0.2, 0.25) is 0 Å². The molecule has 1 aromatic heterocycles. The molecule has 104 valence electrons. The summed E-state index contributed by atoms with van der Waals surface area (Å²) in [4.78, 5) is 24.3. The minimum Gasteiger partial charge on any atom is -0.480 e. The number of aliphatic carboxylic acids is 1. The fourth-order valence-corrected chi connectivity index (χ4v) is 2.06. The summed E-state index contributed by atoms with van der Waals surface area (Å²) in [6, 6.07) is -1.03. The first-order chi connectivity index (χ1) is 9.02. The SMILES string of the molecule is NCCn1cc(C(=O)N2C[C@H](O)C[C@@H]2C(=O)O)nn1. The summed E-state index contributed by atoms with van der Waals surface area (Å²) >= 11 is 0. The van der Waals surface area contributed by atoms with E-state index in [2.05, 4.69) is 10.3 Å². The number of carbonyl (C=O) groups is 2. The van der Waals surface area contributed by atoms with Crippen LogP contribution in [0.25, 0.3) is 0 Å². The van der Waals surface area contributed by atoms with E-state index in [1.54, 1.807) is 0 Å². The summed E-state index contributed by atoms with van der Waals surface area (Å²) in [6.07, 6.45) is 0.612. The van der Waals surface area contributed by atoms with Crippen LogP contribution in [-0.4, -0.2) is 67.2 Å². The number of aliphatic hydroxyl groups is 1. The number of amides is 1. The summed E-state index contributed by atoms with van der Waals surface area (Å²) < 4.78 is 1.41. The van der Waals surface area contributed by atoms with Crippen molar-refractivity contribution in [1.29, 1.82) is 0 Å². The van der Waals surface area contributed by atoms with Crippen LogP contribution in [0.3, 0.4) is 0 Å². The van der Waals surface area contributed by atoms with Crippen molar-refractivity contribution >= 4 is 11.9 Å². The van der Waals surface area contributed by atoms with Gasteiger partial charge < -0.3 is 20.8 Å². The Morgan fingerprint density at radius 3 is 2.89 bits per heavy atom. The van der Waals surface area contributed by atoms with E-state index in [0.29, 0.717) is 13.1 Å². The summed E-state index contributed by atoms with van der Waals surface area (Å²) in [5.74, 6) is -1.69. The van der Waals surface area contributed by atoms with Crippen LogP contribution in [0, 0.1) is 0 Å². The Hall–Kier alpha value is -2.00. The van der Waals surface area contributed by atoms with Crippen molar-refractivity contribution in [2.24, 2.45) is 5.73 Å². The first-order valence-electron chi connectivity index (χ1n) is 5.85. The summed E-state index contributed by atoms with van der Waals surface area (Å²) in [5, 5.41) is 25.9. The number of hydrogen-bond donors (Lipinski definition) is 3. The maximum atomic E-state index is 12.1. The predicted octanol–water partition coefficient (Wildman–Crippen LogP) is -2.10. The lowest BCUT2D eigenvalue weighted by Gasteiger charge is -2.19. The van der Waals surface area contributed by atoms with Gasteiger partial charge in [0.1, 0.15) is 6.04 Å².